The number of nitrogens with two attached hydrogens (primary N) is 1. The normalized spacial score (nSPS) is 13.3. The number of anilines is 2. The van der Waals surface area contributed by atoms with Crippen LogP contribution in [-0.4, -0.2) is 22.8 Å². The van der Waals surface area contributed by atoms with Gasteiger partial charge in [0.1, 0.15) is 23.8 Å². The number of rotatable bonds is 5. The van der Waals surface area contributed by atoms with Crippen molar-refractivity contribution in [2.24, 2.45) is 0 Å². The zero-order valence-electron chi connectivity index (χ0n) is 14.5. The highest BCUT2D eigenvalue weighted by Crippen LogP contribution is 2.28. The number of aldehydes is 1. The quantitative estimate of drug-likeness (QED) is 0.655. The molecule has 3 aromatic rings. The molecule has 0 saturated carbocycles. The van der Waals surface area contributed by atoms with E-state index in [1.165, 1.54) is 24.3 Å². The van der Waals surface area contributed by atoms with Gasteiger partial charge in [-0.3, -0.25) is 9.80 Å². The summed E-state index contributed by atoms with van der Waals surface area (Å²) in [5, 5.41) is 2.11. The van der Waals surface area contributed by atoms with E-state index >= 15 is 0 Å². The molecule has 0 atom stereocenters. The van der Waals surface area contributed by atoms with Gasteiger partial charge in [-0.05, 0) is 24.3 Å². The van der Waals surface area contributed by atoms with Crippen molar-refractivity contribution >= 4 is 28.7 Å². The maximum absolute atomic E-state index is 14.0. The molecule has 7 nitrogen and oxygen atoms in total. The highest BCUT2D eigenvalue weighted by atomic mass is 19.1. The molecule has 3 N–H and O–H groups in total. The average molecular weight is 383 g/mol. The molecule has 0 amide bonds. The van der Waals surface area contributed by atoms with E-state index in [4.69, 9.17) is 10.5 Å². The molecule has 2 aromatic heterocycles. The first-order chi connectivity index (χ1) is 13.5. The molecule has 0 fully saturated rings. The maximum Gasteiger partial charge on any atom is 0.171 e. The van der Waals surface area contributed by atoms with Gasteiger partial charge in [-0.1, -0.05) is 6.08 Å². The standard InChI is InChI=1S/C19H15F2N5O2/c20-12-2-3-14-11(6-12)7-18(19(22)25-14)28-10-16-17(26-5-1-4-23-26)8-13(21)15(9-27)24-16/h1-3,5-9,23H,4,10H2,(H2,22,25). The third kappa shape index (κ3) is 3.35. The van der Waals surface area contributed by atoms with Gasteiger partial charge in [0.25, 0.3) is 0 Å². The summed E-state index contributed by atoms with van der Waals surface area (Å²) in [5.74, 6) is -0.793. The molecule has 0 bridgehead atoms. The summed E-state index contributed by atoms with van der Waals surface area (Å²) in [4.78, 5) is 19.3. The van der Waals surface area contributed by atoms with Crippen LogP contribution >= 0.6 is 0 Å². The summed E-state index contributed by atoms with van der Waals surface area (Å²) in [6.45, 7) is 0.472. The number of hydrogen-bond donors (Lipinski definition) is 2. The number of hydrogen-bond acceptors (Lipinski definition) is 7. The maximum atomic E-state index is 14.0. The van der Waals surface area contributed by atoms with E-state index in [1.54, 1.807) is 17.3 Å². The van der Waals surface area contributed by atoms with Gasteiger partial charge in [-0.25, -0.2) is 24.2 Å². The first-order valence-electron chi connectivity index (χ1n) is 8.38. The van der Waals surface area contributed by atoms with E-state index in [9.17, 15) is 13.6 Å². The summed E-state index contributed by atoms with van der Waals surface area (Å²) in [7, 11) is 0. The van der Waals surface area contributed by atoms with Crippen LogP contribution < -0.4 is 20.9 Å². The minimum Gasteiger partial charge on any atom is -0.483 e. The summed E-state index contributed by atoms with van der Waals surface area (Å²) in [6.07, 6.45) is 3.90. The molecular weight excluding hydrogens is 368 g/mol. The monoisotopic (exact) mass is 383 g/mol. The van der Waals surface area contributed by atoms with Crippen LogP contribution in [0, 0.1) is 11.6 Å². The van der Waals surface area contributed by atoms with Crippen LogP contribution in [0.15, 0.2) is 42.6 Å². The van der Waals surface area contributed by atoms with Crippen molar-refractivity contribution in [2.75, 3.05) is 17.3 Å². The summed E-state index contributed by atoms with van der Waals surface area (Å²) >= 11 is 0. The van der Waals surface area contributed by atoms with Crippen molar-refractivity contribution in [3.05, 3.63) is 65.6 Å². The third-order valence-electron chi connectivity index (χ3n) is 4.20. The van der Waals surface area contributed by atoms with Gasteiger partial charge in [0.05, 0.1) is 11.2 Å². The molecule has 1 aromatic carbocycles. The summed E-state index contributed by atoms with van der Waals surface area (Å²) < 4.78 is 33.2. The number of halogens is 2. The molecular formula is C19H15F2N5O2. The summed E-state index contributed by atoms with van der Waals surface area (Å²) in [6, 6.07) is 6.90. The van der Waals surface area contributed by atoms with E-state index in [-0.39, 0.29) is 23.9 Å². The Bertz CT molecular complexity index is 1100. The number of benzene rings is 1. The molecule has 0 unspecified atom stereocenters. The van der Waals surface area contributed by atoms with Gasteiger partial charge < -0.3 is 10.5 Å². The van der Waals surface area contributed by atoms with Gasteiger partial charge in [0.2, 0.25) is 0 Å². The second-order valence-electron chi connectivity index (χ2n) is 6.05. The Labute approximate surface area is 158 Å². The minimum absolute atomic E-state index is 0.102. The van der Waals surface area contributed by atoms with E-state index < -0.39 is 11.6 Å². The van der Waals surface area contributed by atoms with Crippen LogP contribution in [0.1, 0.15) is 16.2 Å². The lowest BCUT2D eigenvalue weighted by Crippen LogP contribution is -2.30. The number of carbonyl (C=O) groups excluding carboxylic acids is 1. The molecule has 0 saturated heterocycles. The van der Waals surface area contributed by atoms with Crippen LogP contribution in [0.3, 0.4) is 0 Å². The Kier molecular flexibility index (Phi) is 4.58. The second-order valence-corrected chi connectivity index (χ2v) is 6.05. The Hall–Kier alpha value is -3.59. The minimum atomic E-state index is -0.738. The van der Waals surface area contributed by atoms with E-state index in [1.807, 2.05) is 6.08 Å². The lowest BCUT2D eigenvalue weighted by Gasteiger charge is -2.20. The van der Waals surface area contributed by atoms with Crippen molar-refractivity contribution in [3.8, 4) is 5.75 Å². The smallest absolute Gasteiger partial charge is 0.171 e. The van der Waals surface area contributed by atoms with E-state index in [0.29, 0.717) is 35.1 Å². The number of nitrogens with zero attached hydrogens (tertiary/aromatic N) is 3. The largest absolute Gasteiger partial charge is 0.483 e. The third-order valence-corrected chi connectivity index (χ3v) is 4.20. The molecule has 1 aliphatic heterocycles. The van der Waals surface area contributed by atoms with Gasteiger partial charge in [-0.2, -0.15) is 0 Å². The van der Waals surface area contributed by atoms with Crippen LogP contribution in [-0.2, 0) is 6.61 Å². The molecule has 0 spiro atoms. The molecule has 4 rings (SSSR count). The van der Waals surface area contributed by atoms with Crippen molar-refractivity contribution in [3.63, 3.8) is 0 Å². The fourth-order valence-electron chi connectivity index (χ4n) is 2.86. The Balaban J connectivity index is 1.67. The number of pyridine rings is 2. The zero-order valence-corrected chi connectivity index (χ0v) is 14.5. The topological polar surface area (TPSA) is 93.4 Å². The number of fused-ring (bicyclic) bond motifs is 1. The SMILES string of the molecule is Nc1nc2ccc(F)cc2cc1OCc1nc(C=O)c(F)cc1N1C=CCN1. The van der Waals surface area contributed by atoms with E-state index in [2.05, 4.69) is 15.4 Å². The van der Waals surface area contributed by atoms with Crippen molar-refractivity contribution < 1.29 is 18.3 Å². The lowest BCUT2D eigenvalue weighted by atomic mass is 10.2. The van der Waals surface area contributed by atoms with Crippen molar-refractivity contribution in [1.29, 1.82) is 0 Å². The predicted molar refractivity (Wildman–Crippen MR) is 99.6 cm³/mol. The molecule has 0 radical (unpaired) electrons. The Morgan fingerprint density at radius 3 is 2.86 bits per heavy atom. The summed E-state index contributed by atoms with van der Waals surface area (Å²) in [5.41, 5.74) is 9.87. The highest BCUT2D eigenvalue weighted by molar-refractivity contribution is 5.82. The van der Waals surface area contributed by atoms with Crippen molar-refractivity contribution in [2.45, 2.75) is 6.61 Å². The number of nitrogens with one attached hydrogen (secondary N) is 1. The molecule has 28 heavy (non-hydrogen) atoms. The first-order valence-corrected chi connectivity index (χ1v) is 8.38. The second kappa shape index (κ2) is 7.20. The zero-order chi connectivity index (χ0) is 19.7. The van der Waals surface area contributed by atoms with E-state index in [0.717, 1.165) is 0 Å². The van der Waals surface area contributed by atoms with Gasteiger partial charge in [-0.15, -0.1) is 0 Å². The van der Waals surface area contributed by atoms with Crippen LogP contribution in [0.4, 0.5) is 20.3 Å². The number of aromatic nitrogens is 2. The predicted octanol–water partition coefficient (Wildman–Crippen LogP) is 2.72. The van der Waals surface area contributed by atoms with Crippen LogP contribution in [0.5, 0.6) is 5.75 Å². The van der Waals surface area contributed by atoms with Crippen LogP contribution in [0.2, 0.25) is 0 Å². The molecule has 142 valence electrons. The average Bonchev–Trinajstić information content (AvgIpc) is 3.21. The highest BCUT2D eigenvalue weighted by Gasteiger charge is 2.18. The number of ether oxygens (including phenoxy) is 1. The van der Waals surface area contributed by atoms with Gasteiger partial charge in [0.15, 0.2) is 23.7 Å². The number of carbonyl (C=O) groups is 1. The molecule has 9 heteroatoms. The Morgan fingerprint density at radius 1 is 1.25 bits per heavy atom. The fourth-order valence-corrected chi connectivity index (χ4v) is 2.86. The molecule has 0 aliphatic carbocycles. The van der Waals surface area contributed by atoms with Crippen molar-refractivity contribution in [1.82, 2.24) is 15.4 Å². The molecule has 1 aliphatic rings. The van der Waals surface area contributed by atoms with Gasteiger partial charge >= 0.3 is 0 Å². The van der Waals surface area contributed by atoms with Crippen LogP contribution in [0.25, 0.3) is 10.9 Å². The Morgan fingerprint density at radius 2 is 2.11 bits per heavy atom. The van der Waals surface area contributed by atoms with Gasteiger partial charge in [0, 0.05) is 24.2 Å². The fraction of sp³-hybridized carbons (Fsp3) is 0.105. The number of nitrogen functional groups attached to an aromatic ring is 1. The molecule has 3 heterocycles. The number of hydrazine groups is 1. The lowest BCUT2D eigenvalue weighted by molar-refractivity contribution is 0.111. The first kappa shape index (κ1) is 17.8.